The van der Waals surface area contributed by atoms with Crippen molar-refractivity contribution in [2.24, 2.45) is 5.73 Å². The van der Waals surface area contributed by atoms with Crippen molar-refractivity contribution in [2.75, 3.05) is 0 Å². The van der Waals surface area contributed by atoms with Gasteiger partial charge in [-0.3, -0.25) is 0 Å². The molecule has 0 aliphatic heterocycles. The molecule has 2 aromatic carbocycles. The van der Waals surface area contributed by atoms with Gasteiger partial charge in [-0.05, 0) is 77.9 Å². The van der Waals surface area contributed by atoms with Crippen LogP contribution in [0.15, 0.2) is 46.9 Å². The minimum Gasteiger partial charge on any atom is -0.491 e. The zero-order valence-electron chi connectivity index (χ0n) is 11.4. The minimum atomic E-state index is -0.132. The molecule has 0 aliphatic rings. The summed E-state index contributed by atoms with van der Waals surface area (Å²) in [6.45, 7) is 4.03. The van der Waals surface area contributed by atoms with E-state index < -0.39 is 0 Å². The first-order valence-electron chi connectivity index (χ1n) is 6.44. The minimum absolute atomic E-state index is 0.132. The number of nitrogens with two attached hydrogens (primary N) is 1. The molecule has 0 fully saturated rings. The van der Waals surface area contributed by atoms with Crippen molar-refractivity contribution in [1.82, 2.24) is 0 Å². The van der Waals surface area contributed by atoms with E-state index in [1.807, 2.05) is 44.2 Å². The average molecular weight is 446 g/mol. The molecule has 2 nitrogen and oxygen atoms in total. The summed E-state index contributed by atoms with van der Waals surface area (Å²) in [5.74, 6) is 0.875. The lowest BCUT2D eigenvalue weighted by atomic mass is 10.00. The first-order valence-corrected chi connectivity index (χ1v) is 8.31. The van der Waals surface area contributed by atoms with Crippen molar-refractivity contribution in [1.29, 1.82) is 0 Å². The van der Waals surface area contributed by atoms with Crippen LogP contribution in [0.3, 0.4) is 0 Å². The lowest BCUT2D eigenvalue weighted by Gasteiger charge is -2.16. The van der Waals surface area contributed by atoms with Crippen molar-refractivity contribution in [2.45, 2.75) is 26.0 Å². The number of hydrogen-bond acceptors (Lipinski definition) is 2. The molecule has 106 valence electrons. The SMILES string of the molecule is CC(C)Oc1ccc(C(N)c2cc(Br)ccc2I)cc1. The van der Waals surface area contributed by atoms with Crippen LogP contribution in [0.4, 0.5) is 0 Å². The molecule has 2 rings (SSSR count). The van der Waals surface area contributed by atoms with Crippen LogP contribution in [0.5, 0.6) is 5.75 Å². The third-order valence-corrected chi connectivity index (χ3v) is 4.38. The molecule has 0 aromatic heterocycles. The summed E-state index contributed by atoms with van der Waals surface area (Å²) in [6.07, 6.45) is 0.181. The van der Waals surface area contributed by atoms with Gasteiger partial charge in [-0.25, -0.2) is 0 Å². The number of hydrogen-bond donors (Lipinski definition) is 1. The van der Waals surface area contributed by atoms with Gasteiger partial charge >= 0.3 is 0 Å². The van der Waals surface area contributed by atoms with Gasteiger partial charge in [-0.2, -0.15) is 0 Å². The topological polar surface area (TPSA) is 35.2 Å². The second kappa shape index (κ2) is 6.91. The van der Waals surface area contributed by atoms with E-state index in [1.54, 1.807) is 0 Å². The largest absolute Gasteiger partial charge is 0.491 e. The Morgan fingerprint density at radius 2 is 1.75 bits per heavy atom. The van der Waals surface area contributed by atoms with Gasteiger partial charge in [-0.1, -0.05) is 28.1 Å². The number of rotatable bonds is 4. The van der Waals surface area contributed by atoms with E-state index in [2.05, 4.69) is 50.7 Å². The zero-order chi connectivity index (χ0) is 14.7. The Morgan fingerprint density at radius 1 is 1.10 bits per heavy atom. The first-order chi connectivity index (χ1) is 9.47. The third kappa shape index (κ3) is 3.96. The molecule has 0 saturated heterocycles. The summed E-state index contributed by atoms with van der Waals surface area (Å²) >= 11 is 5.81. The van der Waals surface area contributed by atoms with Crippen LogP contribution in [0.25, 0.3) is 0 Å². The maximum atomic E-state index is 6.37. The molecule has 4 heteroatoms. The smallest absolute Gasteiger partial charge is 0.119 e. The van der Waals surface area contributed by atoms with E-state index in [9.17, 15) is 0 Å². The molecular formula is C16H17BrINO. The molecule has 0 saturated carbocycles. The second-order valence-electron chi connectivity index (χ2n) is 4.88. The predicted molar refractivity (Wildman–Crippen MR) is 95.1 cm³/mol. The van der Waals surface area contributed by atoms with E-state index in [1.165, 1.54) is 3.57 Å². The Hall–Kier alpha value is -0.590. The molecule has 0 spiro atoms. The Morgan fingerprint density at radius 3 is 2.35 bits per heavy atom. The predicted octanol–water partition coefficient (Wildman–Crippen LogP) is 4.89. The summed E-state index contributed by atoms with van der Waals surface area (Å²) in [5.41, 5.74) is 8.57. The first kappa shape index (κ1) is 15.8. The highest BCUT2D eigenvalue weighted by Crippen LogP contribution is 2.28. The zero-order valence-corrected chi connectivity index (χ0v) is 15.2. The molecule has 2 aromatic rings. The second-order valence-corrected chi connectivity index (χ2v) is 6.96. The average Bonchev–Trinajstić information content (AvgIpc) is 2.41. The van der Waals surface area contributed by atoms with Gasteiger partial charge in [0.2, 0.25) is 0 Å². The van der Waals surface area contributed by atoms with Crippen LogP contribution in [-0.4, -0.2) is 6.10 Å². The van der Waals surface area contributed by atoms with E-state index >= 15 is 0 Å². The maximum Gasteiger partial charge on any atom is 0.119 e. The van der Waals surface area contributed by atoms with Crippen LogP contribution < -0.4 is 10.5 Å². The van der Waals surface area contributed by atoms with Gasteiger partial charge in [0.05, 0.1) is 12.1 Å². The molecule has 1 unspecified atom stereocenters. The summed E-state index contributed by atoms with van der Waals surface area (Å²) in [5, 5.41) is 0. The van der Waals surface area contributed by atoms with Gasteiger partial charge < -0.3 is 10.5 Å². The van der Waals surface area contributed by atoms with Crippen LogP contribution in [0, 0.1) is 3.57 Å². The fourth-order valence-electron chi connectivity index (χ4n) is 1.96. The molecule has 2 N–H and O–H groups in total. The van der Waals surface area contributed by atoms with Gasteiger partial charge in [0.1, 0.15) is 5.75 Å². The molecule has 0 radical (unpaired) electrons. The maximum absolute atomic E-state index is 6.37. The van der Waals surface area contributed by atoms with Gasteiger partial charge in [0.25, 0.3) is 0 Å². The van der Waals surface area contributed by atoms with E-state index in [-0.39, 0.29) is 12.1 Å². The molecular weight excluding hydrogens is 429 g/mol. The Kier molecular flexibility index (Phi) is 5.46. The van der Waals surface area contributed by atoms with E-state index in [4.69, 9.17) is 10.5 Å². The van der Waals surface area contributed by atoms with E-state index in [0.29, 0.717) is 0 Å². The molecule has 0 aliphatic carbocycles. The van der Waals surface area contributed by atoms with Crippen molar-refractivity contribution >= 4 is 38.5 Å². The Labute approximate surface area is 142 Å². The van der Waals surface area contributed by atoms with Crippen LogP contribution in [-0.2, 0) is 0 Å². The molecule has 20 heavy (non-hydrogen) atoms. The third-order valence-electron chi connectivity index (χ3n) is 2.90. The normalized spacial score (nSPS) is 12.5. The van der Waals surface area contributed by atoms with Crippen molar-refractivity contribution in [3.8, 4) is 5.75 Å². The number of halogens is 2. The number of ether oxygens (including phenoxy) is 1. The van der Waals surface area contributed by atoms with Gasteiger partial charge in [0, 0.05) is 8.04 Å². The van der Waals surface area contributed by atoms with Crippen LogP contribution in [0.2, 0.25) is 0 Å². The standard InChI is InChI=1S/C16H17BrINO/c1-10(2)20-13-6-3-11(4-7-13)16(19)14-9-12(17)5-8-15(14)18/h3-10,16H,19H2,1-2H3. The fraction of sp³-hybridized carbons (Fsp3) is 0.250. The molecule has 0 amide bonds. The fourth-order valence-corrected chi connectivity index (χ4v) is 3.01. The highest BCUT2D eigenvalue weighted by atomic mass is 127. The summed E-state index contributed by atoms with van der Waals surface area (Å²) in [4.78, 5) is 0. The van der Waals surface area contributed by atoms with Gasteiger partial charge in [0.15, 0.2) is 0 Å². The van der Waals surface area contributed by atoms with Crippen LogP contribution >= 0.6 is 38.5 Å². The summed E-state index contributed by atoms with van der Waals surface area (Å²) in [7, 11) is 0. The lowest BCUT2D eigenvalue weighted by Crippen LogP contribution is -2.13. The van der Waals surface area contributed by atoms with Crippen LogP contribution in [0.1, 0.15) is 31.0 Å². The molecule has 0 bridgehead atoms. The van der Waals surface area contributed by atoms with E-state index in [0.717, 1.165) is 21.3 Å². The Balaban J connectivity index is 2.24. The lowest BCUT2D eigenvalue weighted by molar-refractivity contribution is 0.242. The molecule has 0 heterocycles. The number of benzene rings is 2. The Bertz CT molecular complexity index is 584. The highest BCUT2D eigenvalue weighted by Gasteiger charge is 2.13. The quantitative estimate of drug-likeness (QED) is 0.680. The highest BCUT2D eigenvalue weighted by molar-refractivity contribution is 14.1. The summed E-state index contributed by atoms with van der Waals surface area (Å²) in [6, 6.07) is 14.0. The summed E-state index contributed by atoms with van der Waals surface area (Å²) < 4.78 is 7.86. The monoisotopic (exact) mass is 445 g/mol. The van der Waals surface area contributed by atoms with Gasteiger partial charge in [-0.15, -0.1) is 0 Å². The van der Waals surface area contributed by atoms with Crippen molar-refractivity contribution < 1.29 is 4.74 Å². The molecule has 1 atom stereocenters. The van der Waals surface area contributed by atoms with Crippen molar-refractivity contribution in [3.05, 3.63) is 61.6 Å². The van der Waals surface area contributed by atoms with Crippen molar-refractivity contribution in [3.63, 3.8) is 0 Å².